The third-order valence-corrected chi connectivity index (χ3v) is 12.5. The minimum Gasteiger partial charge on any atom is -0.456 e. The van der Waals surface area contributed by atoms with Crippen molar-refractivity contribution >= 4 is 68.2 Å². The van der Waals surface area contributed by atoms with Crippen molar-refractivity contribution in [1.29, 1.82) is 0 Å². The molecule has 3 heteroatoms. The molecule has 3 aliphatic rings. The second-order valence-electron chi connectivity index (χ2n) is 16.0. The Bertz CT molecular complexity index is 3180. The molecular weight excluding hydrogens is 683 g/mol. The van der Waals surface area contributed by atoms with E-state index in [2.05, 4.69) is 177 Å². The summed E-state index contributed by atoms with van der Waals surface area (Å²) in [4.78, 5) is 2.45. The summed E-state index contributed by atoms with van der Waals surface area (Å²) in [7, 11) is 0. The van der Waals surface area contributed by atoms with Crippen LogP contribution in [0.15, 0.2) is 154 Å². The molecule has 0 fully saturated rings. The van der Waals surface area contributed by atoms with Crippen LogP contribution in [0.5, 0.6) is 0 Å². The van der Waals surface area contributed by atoms with Crippen LogP contribution in [0, 0.1) is 0 Å². The second kappa shape index (κ2) is 11.6. The van der Waals surface area contributed by atoms with Crippen LogP contribution in [0.2, 0.25) is 0 Å². The predicted octanol–water partition coefficient (Wildman–Crippen LogP) is 14.9. The van der Waals surface area contributed by atoms with E-state index in [-0.39, 0.29) is 5.41 Å². The summed E-state index contributed by atoms with van der Waals surface area (Å²) in [6, 6.07) is 51.0. The first kappa shape index (κ1) is 31.5. The fourth-order valence-corrected chi connectivity index (χ4v) is 9.74. The van der Waals surface area contributed by atoms with Gasteiger partial charge in [-0.05, 0) is 106 Å². The molecule has 266 valence electrons. The Kier molecular flexibility index (Phi) is 6.52. The Labute approximate surface area is 325 Å². The highest BCUT2D eigenvalue weighted by molar-refractivity contribution is 6.10. The molecule has 0 saturated heterocycles. The van der Waals surface area contributed by atoms with Gasteiger partial charge in [0.2, 0.25) is 0 Å². The van der Waals surface area contributed by atoms with Crippen LogP contribution in [0.1, 0.15) is 53.8 Å². The largest absolute Gasteiger partial charge is 0.456 e. The zero-order valence-corrected chi connectivity index (χ0v) is 31.3. The molecule has 0 bridgehead atoms. The molecule has 0 N–H and O–H groups in total. The SMILES string of the molecule is CC1(C)c2ccccc2-c2ccc(N3c4ccc(-c5cccc6c7c(oc56)C=CCC7)cc4C=Cc4cc(-c5cccc6c5oc5ccccc56)ccc43)cc21. The summed E-state index contributed by atoms with van der Waals surface area (Å²) in [5.41, 5.74) is 19.5. The van der Waals surface area contributed by atoms with Crippen LogP contribution in [0.4, 0.5) is 17.1 Å². The number of allylic oxidation sites excluding steroid dienone is 1. The molecule has 12 rings (SSSR count). The maximum absolute atomic E-state index is 6.56. The fourth-order valence-electron chi connectivity index (χ4n) is 9.74. The predicted molar refractivity (Wildman–Crippen MR) is 233 cm³/mol. The molecule has 1 aliphatic heterocycles. The summed E-state index contributed by atoms with van der Waals surface area (Å²) in [6.07, 6.45) is 11.0. The Balaban J connectivity index is 1.05. The summed E-state index contributed by atoms with van der Waals surface area (Å²) in [6.45, 7) is 4.71. The van der Waals surface area contributed by atoms with E-state index >= 15 is 0 Å². The normalized spacial score (nSPS) is 14.8. The van der Waals surface area contributed by atoms with Gasteiger partial charge < -0.3 is 13.7 Å². The van der Waals surface area contributed by atoms with Crippen LogP contribution >= 0.6 is 0 Å². The lowest BCUT2D eigenvalue weighted by Crippen LogP contribution is -2.17. The van der Waals surface area contributed by atoms with E-state index < -0.39 is 0 Å². The Morgan fingerprint density at radius 3 is 1.95 bits per heavy atom. The summed E-state index contributed by atoms with van der Waals surface area (Å²) in [5.74, 6) is 0.991. The number of aryl methyl sites for hydroxylation is 1. The monoisotopic (exact) mass is 719 g/mol. The average molecular weight is 720 g/mol. The first-order valence-corrected chi connectivity index (χ1v) is 19.6. The van der Waals surface area contributed by atoms with Crippen molar-refractivity contribution in [3.8, 4) is 33.4 Å². The molecule has 3 heterocycles. The van der Waals surface area contributed by atoms with Crippen LogP contribution in [-0.2, 0) is 11.8 Å². The fraction of sp³-hybridized carbons (Fsp3) is 0.0943. The number of fused-ring (bicyclic) bond motifs is 11. The van der Waals surface area contributed by atoms with E-state index in [1.807, 2.05) is 6.07 Å². The molecule has 0 saturated carbocycles. The van der Waals surface area contributed by atoms with Crippen LogP contribution in [-0.4, -0.2) is 0 Å². The Morgan fingerprint density at radius 2 is 1.16 bits per heavy atom. The summed E-state index contributed by atoms with van der Waals surface area (Å²) in [5, 5.41) is 3.49. The van der Waals surface area contributed by atoms with Gasteiger partial charge in [0.05, 0.1) is 11.4 Å². The van der Waals surface area contributed by atoms with E-state index in [9.17, 15) is 0 Å². The van der Waals surface area contributed by atoms with Crippen molar-refractivity contribution in [2.45, 2.75) is 32.1 Å². The van der Waals surface area contributed by atoms with Crippen LogP contribution in [0.25, 0.3) is 84.5 Å². The number of anilines is 3. The van der Waals surface area contributed by atoms with Gasteiger partial charge in [0.15, 0.2) is 0 Å². The van der Waals surface area contributed by atoms with E-state index in [0.717, 1.165) is 96.6 Å². The Hall–Kier alpha value is -6.84. The van der Waals surface area contributed by atoms with E-state index in [0.29, 0.717) is 0 Å². The van der Waals surface area contributed by atoms with Gasteiger partial charge in [0, 0.05) is 44.0 Å². The first-order valence-electron chi connectivity index (χ1n) is 19.6. The van der Waals surface area contributed by atoms with Crippen molar-refractivity contribution in [2.24, 2.45) is 0 Å². The van der Waals surface area contributed by atoms with Gasteiger partial charge in [-0.15, -0.1) is 0 Å². The molecule has 9 aromatic rings. The van der Waals surface area contributed by atoms with Crippen molar-refractivity contribution in [1.82, 2.24) is 0 Å². The van der Waals surface area contributed by atoms with E-state index in [1.54, 1.807) is 0 Å². The maximum atomic E-state index is 6.56. The smallest absolute Gasteiger partial charge is 0.143 e. The third-order valence-electron chi connectivity index (χ3n) is 12.5. The van der Waals surface area contributed by atoms with Gasteiger partial charge in [-0.1, -0.05) is 129 Å². The lowest BCUT2D eigenvalue weighted by Gasteiger charge is -2.29. The Morgan fingerprint density at radius 1 is 0.518 bits per heavy atom. The standard InChI is InChI=1S/C53H37NO2/c1-53(2)45-18-6-3-11-39(45)40-26-25-36(31-46(40)53)54-47-27-23-32(37-14-9-16-43-41-12-4-7-19-49(41)55-51(37)43)29-34(47)21-22-35-30-33(24-28-48(35)54)38-15-10-17-44-42-13-5-8-20-50(42)56-52(38)44/h3-4,6-12,14-31H,5,13H2,1-2H3. The summed E-state index contributed by atoms with van der Waals surface area (Å²) >= 11 is 0. The molecule has 56 heavy (non-hydrogen) atoms. The number of hydrogen-bond donors (Lipinski definition) is 0. The van der Waals surface area contributed by atoms with Crippen molar-refractivity contribution in [3.63, 3.8) is 0 Å². The van der Waals surface area contributed by atoms with Crippen molar-refractivity contribution in [2.75, 3.05) is 4.90 Å². The maximum Gasteiger partial charge on any atom is 0.143 e. The van der Waals surface area contributed by atoms with Gasteiger partial charge in [-0.25, -0.2) is 0 Å². The van der Waals surface area contributed by atoms with Crippen LogP contribution < -0.4 is 4.90 Å². The molecule has 7 aromatic carbocycles. The second-order valence-corrected chi connectivity index (χ2v) is 16.0. The van der Waals surface area contributed by atoms with Gasteiger partial charge >= 0.3 is 0 Å². The van der Waals surface area contributed by atoms with Crippen LogP contribution in [0.3, 0.4) is 0 Å². The minimum absolute atomic E-state index is 0.118. The molecule has 0 amide bonds. The van der Waals surface area contributed by atoms with Gasteiger partial charge in [-0.2, -0.15) is 0 Å². The molecule has 3 nitrogen and oxygen atoms in total. The van der Waals surface area contributed by atoms with Gasteiger partial charge in [-0.3, -0.25) is 0 Å². The van der Waals surface area contributed by atoms with E-state index in [4.69, 9.17) is 8.83 Å². The van der Waals surface area contributed by atoms with Gasteiger partial charge in [0.1, 0.15) is 22.5 Å². The highest BCUT2D eigenvalue weighted by atomic mass is 16.3. The number of rotatable bonds is 3. The lowest BCUT2D eigenvalue weighted by molar-refractivity contribution is 0.596. The number of nitrogens with zero attached hydrogens (tertiary/aromatic N) is 1. The molecule has 0 spiro atoms. The number of hydrogen-bond acceptors (Lipinski definition) is 3. The summed E-state index contributed by atoms with van der Waals surface area (Å²) < 4.78 is 13.1. The molecular formula is C53H37NO2. The quantitative estimate of drug-likeness (QED) is 0.182. The van der Waals surface area contributed by atoms with E-state index in [1.165, 1.54) is 33.2 Å². The number of benzene rings is 7. The first-order chi connectivity index (χ1) is 27.5. The van der Waals surface area contributed by atoms with Crippen molar-refractivity contribution < 1.29 is 8.83 Å². The zero-order valence-electron chi connectivity index (χ0n) is 31.3. The third kappa shape index (κ3) is 4.46. The molecule has 2 aromatic heterocycles. The topological polar surface area (TPSA) is 29.5 Å². The molecule has 2 aliphatic carbocycles. The number of para-hydroxylation sites is 3. The van der Waals surface area contributed by atoms with Crippen molar-refractivity contribution in [3.05, 3.63) is 179 Å². The molecule has 0 atom stereocenters. The molecule has 0 unspecified atom stereocenters. The highest BCUT2D eigenvalue weighted by Gasteiger charge is 2.36. The minimum atomic E-state index is -0.118. The lowest BCUT2D eigenvalue weighted by atomic mass is 9.82. The average Bonchev–Trinajstić information content (AvgIpc) is 3.84. The number of furan rings is 2. The van der Waals surface area contributed by atoms with Gasteiger partial charge in [0.25, 0.3) is 0 Å². The highest BCUT2D eigenvalue weighted by Crippen LogP contribution is 2.52. The zero-order chi connectivity index (χ0) is 37.1. The molecule has 0 radical (unpaired) electrons.